The Balaban J connectivity index is 1.86. The number of aryl methyl sites for hydroxylation is 1. The number of ether oxygens (including phenoxy) is 1. The minimum atomic E-state index is -0.457. The number of hydrogen-bond acceptors (Lipinski definition) is 5. The van der Waals surface area contributed by atoms with E-state index in [1.165, 1.54) is 0 Å². The summed E-state index contributed by atoms with van der Waals surface area (Å²) >= 11 is 0. The minimum Gasteiger partial charge on any atom is -0.444 e. The number of nitrogens with zero attached hydrogens (tertiary/aromatic N) is 4. The molecule has 22 heavy (non-hydrogen) atoms. The van der Waals surface area contributed by atoms with Crippen molar-refractivity contribution >= 4 is 6.09 Å². The number of rotatable bonds is 3. The summed E-state index contributed by atoms with van der Waals surface area (Å²) in [4.78, 5) is 24.8. The number of carbonyl (C=O) groups is 1. The molecule has 0 spiro atoms. The first-order valence-corrected chi connectivity index (χ1v) is 7.70. The molecule has 1 saturated heterocycles. The zero-order valence-corrected chi connectivity index (χ0v) is 14.2. The van der Waals surface area contributed by atoms with Crippen LogP contribution in [0.5, 0.6) is 0 Å². The highest BCUT2D eigenvalue weighted by Crippen LogP contribution is 2.19. The maximum Gasteiger partial charge on any atom is 0.410 e. The molecule has 0 radical (unpaired) electrons. The van der Waals surface area contributed by atoms with E-state index < -0.39 is 5.60 Å². The number of likely N-dealkylation sites (N-methyl/N-ethyl adjacent to an activating group) is 1. The molecule has 1 aromatic rings. The molecule has 0 bridgehead atoms. The van der Waals surface area contributed by atoms with E-state index in [0.717, 1.165) is 37.4 Å². The molecule has 6 heteroatoms. The molecular weight excluding hydrogens is 280 g/mol. The Morgan fingerprint density at radius 1 is 1.41 bits per heavy atom. The third kappa shape index (κ3) is 4.66. The molecule has 1 unspecified atom stereocenters. The van der Waals surface area contributed by atoms with Crippen molar-refractivity contribution in [3.63, 3.8) is 0 Å². The van der Waals surface area contributed by atoms with E-state index in [1.54, 1.807) is 11.1 Å². The average Bonchev–Trinajstić information content (AvgIpc) is 2.87. The molecule has 1 aliphatic heterocycles. The Morgan fingerprint density at radius 3 is 2.73 bits per heavy atom. The van der Waals surface area contributed by atoms with E-state index >= 15 is 0 Å². The van der Waals surface area contributed by atoms with Crippen LogP contribution in [0.2, 0.25) is 0 Å². The van der Waals surface area contributed by atoms with E-state index in [1.807, 2.05) is 40.9 Å². The van der Waals surface area contributed by atoms with E-state index in [9.17, 15) is 4.79 Å². The number of amides is 1. The lowest BCUT2D eigenvalue weighted by atomic mass is 10.2. The standard InChI is InChI=1S/C16H26N4O2/c1-12-8-18-13(9-17-12)10-20-7-6-14(11-20)19(5)15(21)22-16(2,3)4/h8-9,14H,6-7,10-11H2,1-5H3. The van der Waals surface area contributed by atoms with Gasteiger partial charge in [-0.1, -0.05) is 0 Å². The molecule has 2 rings (SSSR count). The van der Waals surface area contributed by atoms with Gasteiger partial charge in [-0.15, -0.1) is 0 Å². The highest BCUT2D eigenvalue weighted by Gasteiger charge is 2.30. The summed E-state index contributed by atoms with van der Waals surface area (Å²) in [5, 5.41) is 0. The Labute approximate surface area is 132 Å². The molecule has 1 fully saturated rings. The lowest BCUT2D eigenvalue weighted by Crippen LogP contribution is -2.42. The van der Waals surface area contributed by atoms with Gasteiger partial charge in [0.05, 0.1) is 11.4 Å². The quantitative estimate of drug-likeness (QED) is 0.857. The van der Waals surface area contributed by atoms with Crippen molar-refractivity contribution in [2.24, 2.45) is 0 Å². The van der Waals surface area contributed by atoms with Gasteiger partial charge in [0, 0.05) is 45.1 Å². The highest BCUT2D eigenvalue weighted by atomic mass is 16.6. The van der Waals surface area contributed by atoms with Crippen molar-refractivity contribution in [2.45, 2.75) is 52.3 Å². The summed E-state index contributed by atoms with van der Waals surface area (Å²) < 4.78 is 5.42. The lowest BCUT2D eigenvalue weighted by Gasteiger charge is -2.28. The van der Waals surface area contributed by atoms with E-state index in [0.29, 0.717) is 0 Å². The van der Waals surface area contributed by atoms with Crippen LogP contribution in [0.15, 0.2) is 12.4 Å². The largest absolute Gasteiger partial charge is 0.444 e. The smallest absolute Gasteiger partial charge is 0.410 e. The van der Waals surface area contributed by atoms with Crippen LogP contribution in [-0.2, 0) is 11.3 Å². The predicted octanol–water partition coefficient (Wildman–Crippen LogP) is 2.23. The second kappa shape index (κ2) is 6.60. The normalized spacial score (nSPS) is 19.2. The van der Waals surface area contributed by atoms with Crippen LogP contribution in [0.1, 0.15) is 38.6 Å². The molecule has 0 saturated carbocycles. The summed E-state index contributed by atoms with van der Waals surface area (Å²) in [6.07, 6.45) is 4.31. The van der Waals surface area contributed by atoms with Crippen molar-refractivity contribution in [3.8, 4) is 0 Å². The van der Waals surface area contributed by atoms with Gasteiger partial charge in [0.15, 0.2) is 0 Å². The van der Waals surface area contributed by atoms with Crippen molar-refractivity contribution in [3.05, 3.63) is 23.8 Å². The van der Waals surface area contributed by atoms with Crippen LogP contribution in [0.3, 0.4) is 0 Å². The van der Waals surface area contributed by atoms with Gasteiger partial charge in [0.1, 0.15) is 5.60 Å². The second-order valence-electron chi connectivity index (χ2n) is 6.92. The first kappa shape index (κ1) is 16.7. The van der Waals surface area contributed by atoms with Gasteiger partial charge in [-0.25, -0.2) is 4.79 Å². The zero-order chi connectivity index (χ0) is 16.3. The Kier molecular flexibility index (Phi) is 5.01. The van der Waals surface area contributed by atoms with Gasteiger partial charge < -0.3 is 9.64 Å². The number of hydrogen-bond donors (Lipinski definition) is 0. The maximum absolute atomic E-state index is 12.1. The summed E-state index contributed by atoms with van der Waals surface area (Å²) in [6, 6.07) is 0.188. The Hall–Kier alpha value is -1.69. The monoisotopic (exact) mass is 306 g/mol. The minimum absolute atomic E-state index is 0.188. The molecule has 2 heterocycles. The number of aromatic nitrogens is 2. The highest BCUT2D eigenvalue weighted by molar-refractivity contribution is 5.68. The first-order valence-electron chi connectivity index (χ1n) is 7.70. The molecule has 122 valence electrons. The number of carbonyl (C=O) groups excluding carboxylic acids is 1. The summed E-state index contributed by atoms with van der Waals surface area (Å²) in [5.74, 6) is 0. The molecule has 0 aromatic carbocycles. The van der Waals surface area contributed by atoms with Crippen LogP contribution in [0, 0.1) is 6.92 Å². The summed E-state index contributed by atoms with van der Waals surface area (Å²) in [5.41, 5.74) is 1.43. The molecule has 0 aliphatic carbocycles. The fraction of sp³-hybridized carbons (Fsp3) is 0.688. The second-order valence-corrected chi connectivity index (χ2v) is 6.92. The topological polar surface area (TPSA) is 58.6 Å². The van der Waals surface area contributed by atoms with Gasteiger partial charge in [-0.3, -0.25) is 14.9 Å². The predicted molar refractivity (Wildman–Crippen MR) is 84.4 cm³/mol. The molecule has 1 aliphatic rings. The van der Waals surface area contributed by atoms with Crippen LogP contribution < -0.4 is 0 Å². The molecule has 1 aromatic heterocycles. The average molecular weight is 306 g/mol. The van der Waals surface area contributed by atoms with Crippen LogP contribution in [0.4, 0.5) is 4.79 Å². The first-order chi connectivity index (χ1) is 10.2. The maximum atomic E-state index is 12.1. The lowest BCUT2D eigenvalue weighted by molar-refractivity contribution is 0.0228. The number of likely N-dealkylation sites (tertiary alicyclic amines) is 1. The molecular formula is C16H26N4O2. The van der Waals surface area contributed by atoms with E-state index in [2.05, 4.69) is 14.9 Å². The van der Waals surface area contributed by atoms with Gasteiger partial charge >= 0.3 is 6.09 Å². The van der Waals surface area contributed by atoms with Crippen molar-refractivity contribution in [1.29, 1.82) is 0 Å². The Morgan fingerprint density at radius 2 is 2.14 bits per heavy atom. The Bertz CT molecular complexity index is 510. The molecule has 1 amide bonds. The fourth-order valence-corrected chi connectivity index (χ4v) is 2.49. The van der Waals surface area contributed by atoms with Gasteiger partial charge in [0.25, 0.3) is 0 Å². The van der Waals surface area contributed by atoms with Crippen LogP contribution >= 0.6 is 0 Å². The molecule has 0 N–H and O–H groups in total. The van der Waals surface area contributed by atoms with Gasteiger partial charge in [-0.05, 0) is 34.1 Å². The van der Waals surface area contributed by atoms with Crippen LogP contribution in [0.25, 0.3) is 0 Å². The van der Waals surface area contributed by atoms with Gasteiger partial charge in [-0.2, -0.15) is 0 Å². The van der Waals surface area contributed by atoms with E-state index in [-0.39, 0.29) is 12.1 Å². The van der Waals surface area contributed by atoms with Crippen molar-refractivity contribution in [2.75, 3.05) is 20.1 Å². The van der Waals surface area contributed by atoms with E-state index in [4.69, 9.17) is 4.74 Å². The molecule has 1 atom stereocenters. The third-order valence-corrected chi connectivity index (χ3v) is 3.70. The summed E-state index contributed by atoms with van der Waals surface area (Å²) in [6.45, 7) is 10.1. The van der Waals surface area contributed by atoms with Crippen molar-refractivity contribution < 1.29 is 9.53 Å². The van der Waals surface area contributed by atoms with Crippen molar-refractivity contribution in [1.82, 2.24) is 19.8 Å². The third-order valence-electron chi connectivity index (χ3n) is 3.70. The fourth-order valence-electron chi connectivity index (χ4n) is 2.49. The summed E-state index contributed by atoms with van der Waals surface area (Å²) in [7, 11) is 1.81. The van der Waals surface area contributed by atoms with Crippen LogP contribution in [-0.4, -0.2) is 57.6 Å². The SMILES string of the molecule is Cc1cnc(CN2CCC(N(C)C(=O)OC(C)(C)C)C2)cn1. The zero-order valence-electron chi connectivity index (χ0n) is 14.2. The molecule has 6 nitrogen and oxygen atoms in total. The van der Waals surface area contributed by atoms with Gasteiger partial charge in [0.2, 0.25) is 0 Å².